The maximum atomic E-state index is 11.8. The fraction of sp³-hybridized carbons (Fsp3) is 0.455. The molecule has 0 aliphatic rings. The Labute approximate surface area is 88.0 Å². The number of nitrogens with one attached hydrogen (secondary N) is 1. The van der Waals surface area contributed by atoms with E-state index in [4.69, 9.17) is 0 Å². The van der Waals surface area contributed by atoms with Crippen molar-refractivity contribution in [2.45, 2.75) is 26.2 Å². The Hall–Kier alpha value is -1.58. The van der Waals surface area contributed by atoms with E-state index in [1.54, 1.807) is 6.07 Å². The van der Waals surface area contributed by atoms with Crippen molar-refractivity contribution in [2.75, 3.05) is 0 Å². The van der Waals surface area contributed by atoms with Crippen LogP contribution in [0.25, 0.3) is 11.0 Å². The minimum Gasteiger partial charge on any atom is -0.335 e. The molecule has 0 aliphatic heterocycles. The summed E-state index contributed by atoms with van der Waals surface area (Å²) in [4.78, 5) is 19.0. The van der Waals surface area contributed by atoms with Crippen molar-refractivity contribution in [3.63, 3.8) is 0 Å². The fourth-order valence-corrected chi connectivity index (χ4v) is 1.50. The largest absolute Gasteiger partial charge is 0.335 e. The molecule has 0 amide bonds. The van der Waals surface area contributed by atoms with Crippen LogP contribution in [0.5, 0.6) is 0 Å². The molecule has 2 aromatic heterocycles. The van der Waals surface area contributed by atoms with E-state index < -0.39 is 0 Å². The van der Waals surface area contributed by atoms with Crippen LogP contribution in [0.1, 0.15) is 26.6 Å². The topological polar surface area (TPSA) is 50.7 Å². The number of aromatic amines is 1. The van der Waals surface area contributed by atoms with Gasteiger partial charge in [-0.05, 0) is 6.07 Å². The van der Waals surface area contributed by atoms with Gasteiger partial charge in [0.05, 0.1) is 5.39 Å². The molecule has 0 aliphatic carbocycles. The summed E-state index contributed by atoms with van der Waals surface area (Å²) in [5, 5.41) is 0.644. The highest BCUT2D eigenvalue weighted by atomic mass is 16.1. The van der Waals surface area contributed by atoms with Gasteiger partial charge in [-0.2, -0.15) is 0 Å². The van der Waals surface area contributed by atoms with Gasteiger partial charge < -0.3 is 9.55 Å². The van der Waals surface area contributed by atoms with Crippen LogP contribution in [0.15, 0.2) is 17.1 Å². The van der Waals surface area contributed by atoms with Crippen LogP contribution in [0.4, 0.5) is 0 Å². The molecule has 0 fully saturated rings. The maximum absolute atomic E-state index is 11.8. The minimum absolute atomic E-state index is 0.0643. The van der Waals surface area contributed by atoms with E-state index in [9.17, 15) is 4.79 Å². The van der Waals surface area contributed by atoms with Crippen LogP contribution in [0.2, 0.25) is 0 Å². The molecule has 0 unspecified atom stereocenters. The van der Waals surface area contributed by atoms with Crippen LogP contribution in [-0.2, 0) is 12.5 Å². The van der Waals surface area contributed by atoms with Gasteiger partial charge in [-0.3, -0.25) is 4.79 Å². The molecule has 80 valence electrons. The number of H-pyrrole nitrogens is 1. The van der Waals surface area contributed by atoms with Gasteiger partial charge >= 0.3 is 0 Å². The second kappa shape index (κ2) is 2.95. The minimum atomic E-state index is -0.141. The van der Waals surface area contributed by atoms with E-state index >= 15 is 0 Å². The smallest absolute Gasteiger partial charge is 0.260 e. The molecule has 0 saturated heterocycles. The van der Waals surface area contributed by atoms with Gasteiger partial charge in [0, 0.05) is 18.7 Å². The van der Waals surface area contributed by atoms with Crippen molar-refractivity contribution in [1.29, 1.82) is 0 Å². The lowest BCUT2D eigenvalue weighted by atomic mass is 9.96. The zero-order valence-corrected chi connectivity index (χ0v) is 9.46. The molecule has 4 nitrogen and oxygen atoms in total. The molecule has 2 aromatic rings. The zero-order valence-electron chi connectivity index (χ0n) is 9.46. The molecule has 4 heteroatoms. The Morgan fingerprint density at radius 1 is 1.40 bits per heavy atom. The highest BCUT2D eigenvalue weighted by Crippen LogP contribution is 2.18. The third kappa shape index (κ3) is 1.56. The summed E-state index contributed by atoms with van der Waals surface area (Å²) >= 11 is 0. The van der Waals surface area contributed by atoms with Gasteiger partial charge in [-0.15, -0.1) is 0 Å². The van der Waals surface area contributed by atoms with E-state index in [1.807, 2.05) is 38.6 Å². The van der Waals surface area contributed by atoms with E-state index in [0.717, 1.165) is 11.5 Å². The second-order valence-corrected chi connectivity index (χ2v) is 4.83. The van der Waals surface area contributed by atoms with Gasteiger partial charge in [-0.25, -0.2) is 4.98 Å². The predicted octanol–water partition coefficient (Wildman–Crippen LogP) is 1.56. The molecule has 0 spiro atoms. The molecule has 15 heavy (non-hydrogen) atoms. The zero-order chi connectivity index (χ0) is 11.2. The SMILES string of the molecule is Cn1ccc2c(=O)[nH]c(C(C)(C)C)nc21. The predicted molar refractivity (Wildman–Crippen MR) is 60.0 cm³/mol. The second-order valence-electron chi connectivity index (χ2n) is 4.83. The Morgan fingerprint density at radius 3 is 2.67 bits per heavy atom. The molecule has 2 heterocycles. The summed E-state index contributed by atoms with van der Waals surface area (Å²) in [5.74, 6) is 0.724. The lowest BCUT2D eigenvalue weighted by molar-refractivity contribution is 0.545. The van der Waals surface area contributed by atoms with E-state index in [2.05, 4.69) is 9.97 Å². The highest BCUT2D eigenvalue weighted by Gasteiger charge is 2.18. The van der Waals surface area contributed by atoms with Gasteiger partial charge in [0.15, 0.2) is 0 Å². The van der Waals surface area contributed by atoms with Crippen molar-refractivity contribution >= 4 is 11.0 Å². The molecule has 0 saturated carbocycles. The van der Waals surface area contributed by atoms with E-state index in [-0.39, 0.29) is 11.0 Å². The highest BCUT2D eigenvalue weighted by molar-refractivity contribution is 5.74. The van der Waals surface area contributed by atoms with Crippen LogP contribution in [0, 0.1) is 0 Å². The third-order valence-electron chi connectivity index (χ3n) is 2.44. The van der Waals surface area contributed by atoms with Gasteiger partial charge in [-0.1, -0.05) is 20.8 Å². The summed E-state index contributed by atoms with van der Waals surface area (Å²) < 4.78 is 1.86. The third-order valence-corrected chi connectivity index (χ3v) is 2.44. The standard InChI is InChI=1S/C11H15N3O/c1-11(2,3)10-12-8-7(9(15)13-10)5-6-14(8)4/h5-6H,1-4H3,(H,12,13,15). The lowest BCUT2D eigenvalue weighted by Crippen LogP contribution is -2.22. The molecule has 0 bridgehead atoms. The Balaban J connectivity index is 2.82. The first-order valence-corrected chi connectivity index (χ1v) is 4.95. The van der Waals surface area contributed by atoms with Crippen LogP contribution < -0.4 is 5.56 Å². The number of hydrogen-bond acceptors (Lipinski definition) is 2. The number of nitrogens with zero attached hydrogens (tertiary/aromatic N) is 2. The molecule has 0 aromatic carbocycles. The monoisotopic (exact) mass is 205 g/mol. The van der Waals surface area contributed by atoms with Crippen molar-refractivity contribution in [3.8, 4) is 0 Å². The molecule has 2 rings (SSSR count). The normalized spacial score (nSPS) is 12.3. The van der Waals surface area contributed by atoms with Crippen LogP contribution in [-0.4, -0.2) is 14.5 Å². The summed E-state index contributed by atoms with van der Waals surface area (Å²) in [7, 11) is 1.89. The number of aryl methyl sites for hydroxylation is 1. The Kier molecular flexibility index (Phi) is 1.96. The first-order valence-electron chi connectivity index (χ1n) is 4.95. The quantitative estimate of drug-likeness (QED) is 0.709. The summed E-state index contributed by atoms with van der Waals surface area (Å²) in [6, 6.07) is 1.79. The van der Waals surface area contributed by atoms with E-state index in [1.165, 1.54) is 0 Å². The maximum Gasteiger partial charge on any atom is 0.260 e. The molecular formula is C11H15N3O. The van der Waals surface area contributed by atoms with Crippen LogP contribution >= 0.6 is 0 Å². The molecule has 0 atom stereocenters. The first-order chi connectivity index (χ1) is 6.89. The Morgan fingerprint density at radius 2 is 2.07 bits per heavy atom. The van der Waals surface area contributed by atoms with Crippen LogP contribution in [0.3, 0.4) is 0 Å². The molecule has 0 radical (unpaired) electrons. The summed E-state index contributed by atoms with van der Waals surface area (Å²) in [6.45, 7) is 6.08. The molecule has 1 N–H and O–H groups in total. The number of aromatic nitrogens is 3. The van der Waals surface area contributed by atoms with Gasteiger partial charge in [0.1, 0.15) is 11.5 Å². The average molecular weight is 205 g/mol. The summed E-state index contributed by atoms with van der Waals surface area (Å²) in [5.41, 5.74) is 0.534. The van der Waals surface area contributed by atoms with E-state index in [0.29, 0.717) is 5.39 Å². The number of hydrogen-bond donors (Lipinski definition) is 1. The van der Waals surface area contributed by atoms with Crippen molar-refractivity contribution in [3.05, 3.63) is 28.4 Å². The number of fused-ring (bicyclic) bond motifs is 1. The average Bonchev–Trinajstić information content (AvgIpc) is 2.47. The van der Waals surface area contributed by atoms with Gasteiger partial charge in [0.25, 0.3) is 5.56 Å². The number of rotatable bonds is 0. The Bertz CT molecular complexity index is 557. The lowest BCUT2D eigenvalue weighted by Gasteiger charge is -2.16. The van der Waals surface area contributed by atoms with Gasteiger partial charge in [0.2, 0.25) is 0 Å². The first kappa shape index (κ1) is 9.96. The van der Waals surface area contributed by atoms with Crippen molar-refractivity contribution in [2.24, 2.45) is 7.05 Å². The van der Waals surface area contributed by atoms with Crippen molar-refractivity contribution in [1.82, 2.24) is 14.5 Å². The molecular weight excluding hydrogens is 190 g/mol. The fourth-order valence-electron chi connectivity index (χ4n) is 1.50. The summed E-state index contributed by atoms with van der Waals surface area (Å²) in [6.07, 6.45) is 1.85. The van der Waals surface area contributed by atoms with Crippen molar-refractivity contribution < 1.29 is 0 Å².